The molecule has 0 aromatic carbocycles. The lowest BCUT2D eigenvalue weighted by Crippen LogP contribution is -1.95. The molecule has 1 N–H and O–H groups in total. The fraction of sp³-hybridized carbons (Fsp3) is 0.222. The van der Waals surface area contributed by atoms with Crippen LogP contribution in [-0.4, -0.2) is 16.4 Å². The fourth-order valence-corrected chi connectivity index (χ4v) is 1.72. The SMILES string of the molecule is O=C(O)c1ccsc1C#CCCBr. The van der Waals surface area contributed by atoms with Crippen LogP contribution in [0.1, 0.15) is 21.7 Å². The molecule has 0 amide bonds. The van der Waals surface area contributed by atoms with E-state index in [0.717, 1.165) is 11.8 Å². The molecule has 68 valence electrons. The van der Waals surface area contributed by atoms with Crippen LogP contribution in [0.15, 0.2) is 11.4 Å². The number of carbonyl (C=O) groups is 1. The first-order chi connectivity index (χ1) is 6.25. The smallest absolute Gasteiger partial charge is 0.337 e. The van der Waals surface area contributed by atoms with E-state index in [1.54, 1.807) is 11.4 Å². The van der Waals surface area contributed by atoms with Crippen molar-refractivity contribution in [1.82, 2.24) is 0 Å². The molecule has 0 atom stereocenters. The normalized spacial score (nSPS) is 9.00. The van der Waals surface area contributed by atoms with E-state index in [2.05, 4.69) is 27.8 Å². The summed E-state index contributed by atoms with van der Waals surface area (Å²) in [6, 6.07) is 1.57. The highest BCUT2D eigenvalue weighted by Gasteiger charge is 2.08. The Balaban J connectivity index is 2.84. The summed E-state index contributed by atoms with van der Waals surface area (Å²) in [4.78, 5) is 11.3. The second kappa shape index (κ2) is 5.05. The summed E-state index contributed by atoms with van der Waals surface area (Å²) in [5.74, 6) is 4.80. The fourth-order valence-electron chi connectivity index (χ4n) is 0.765. The summed E-state index contributed by atoms with van der Waals surface area (Å²) in [5.41, 5.74) is 0.298. The Hall–Kier alpha value is -0.790. The third-order valence-corrected chi connectivity index (χ3v) is 2.54. The minimum absolute atomic E-state index is 0.298. The molecule has 0 aliphatic rings. The molecule has 0 radical (unpaired) electrons. The van der Waals surface area contributed by atoms with Gasteiger partial charge in [0, 0.05) is 11.8 Å². The maximum Gasteiger partial charge on any atom is 0.337 e. The number of hydrogen-bond acceptors (Lipinski definition) is 2. The standard InChI is InChI=1S/C9H7BrO2S/c10-5-2-1-3-8-7(9(11)12)4-6-13-8/h4,6H,2,5H2,(H,11,12). The van der Waals surface area contributed by atoms with Gasteiger partial charge in [0.15, 0.2) is 0 Å². The van der Waals surface area contributed by atoms with E-state index in [0.29, 0.717) is 10.4 Å². The summed E-state index contributed by atoms with van der Waals surface area (Å²) in [6.45, 7) is 0. The second-order valence-electron chi connectivity index (χ2n) is 2.21. The van der Waals surface area contributed by atoms with Gasteiger partial charge in [-0.3, -0.25) is 0 Å². The molecule has 0 saturated carbocycles. The average Bonchev–Trinajstić information content (AvgIpc) is 2.53. The highest BCUT2D eigenvalue weighted by Crippen LogP contribution is 2.15. The monoisotopic (exact) mass is 258 g/mol. The van der Waals surface area contributed by atoms with Gasteiger partial charge in [0.25, 0.3) is 0 Å². The van der Waals surface area contributed by atoms with Crippen LogP contribution in [0, 0.1) is 11.8 Å². The minimum Gasteiger partial charge on any atom is -0.478 e. The minimum atomic E-state index is -0.913. The van der Waals surface area contributed by atoms with Crippen LogP contribution in [0.3, 0.4) is 0 Å². The van der Waals surface area contributed by atoms with Crippen LogP contribution < -0.4 is 0 Å². The topological polar surface area (TPSA) is 37.3 Å². The van der Waals surface area contributed by atoms with Crippen molar-refractivity contribution in [1.29, 1.82) is 0 Å². The molecule has 0 aliphatic carbocycles. The molecular weight excluding hydrogens is 252 g/mol. The van der Waals surface area contributed by atoms with Crippen LogP contribution in [-0.2, 0) is 0 Å². The van der Waals surface area contributed by atoms with Crippen LogP contribution in [0.2, 0.25) is 0 Å². The molecule has 0 spiro atoms. The molecule has 0 bridgehead atoms. The van der Waals surface area contributed by atoms with Crippen molar-refractivity contribution >= 4 is 33.2 Å². The van der Waals surface area contributed by atoms with Gasteiger partial charge in [0.1, 0.15) is 0 Å². The molecule has 0 unspecified atom stereocenters. The van der Waals surface area contributed by atoms with Gasteiger partial charge in [0.2, 0.25) is 0 Å². The lowest BCUT2D eigenvalue weighted by molar-refractivity contribution is 0.0697. The maximum absolute atomic E-state index is 10.6. The van der Waals surface area contributed by atoms with Gasteiger partial charge in [-0.25, -0.2) is 4.79 Å². The van der Waals surface area contributed by atoms with Crippen molar-refractivity contribution in [2.45, 2.75) is 6.42 Å². The maximum atomic E-state index is 10.6. The molecular formula is C9H7BrO2S. The Morgan fingerprint density at radius 3 is 3.08 bits per heavy atom. The van der Waals surface area contributed by atoms with E-state index in [1.165, 1.54) is 11.3 Å². The van der Waals surface area contributed by atoms with Crippen molar-refractivity contribution in [2.75, 3.05) is 5.33 Å². The predicted octanol–water partition coefficient (Wildman–Crippen LogP) is 2.58. The molecule has 13 heavy (non-hydrogen) atoms. The van der Waals surface area contributed by atoms with Gasteiger partial charge in [-0.2, -0.15) is 0 Å². The Bertz CT molecular complexity index is 359. The highest BCUT2D eigenvalue weighted by molar-refractivity contribution is 9.09. The number of halogens is 1. The van der Waals surface area contributed by atoms with Crippen molar-refractivity contribution in [3.05, 3.63) is 21.9 Å². The first kappa shape index (κ1) is 10.3. The van der Waals surface area contributed by atoms with Gasteiger partial charge < -0.3 is 5.11 Å². The first-order valence-corrected chi connectivity index (χ1v) is 5.61. The van der Waals surface area contributed by atoms with Crippen molar-refractivity contribution in [2.24, 2.45) is 0 Å². The third kappa shape index (κ3) is 2.87. The molecule has 0 saturated heterocycles. The average molecular weight is 259 g/mol. The Morgan fingerprint density at radius 2 is 2.46 bits per heavy atom. The number of thiophene rings is 1. The van der Waals surface area contributed by atoms with Gasteiger partial charge in [0.05, 0.1) is 10.4 Å². The molecule has 1 aromatic rings. The quantitative estimate of drug-likeness (QED) is 0.654. The number of hydrogen-bond donors (Lipinski definition) is 1. The van der Waals surface area contributed by atoms with Gasteiger partial charge in [-0.15, -0.1) is 11.3 Å². The third-order valence-electron chi connectivity index (χ3n) is 1.32. The number of aromatic carboxylic acids is 1. The highest BCUT2D eigenvalue weighted by atomic mass is 79.9. The Kier molecular flexibility index (Phi) is 4.00. The van der Waals surface area contributed by atoms with Gasteiger partial charge >= 0.3 is 5.97 Å². The predicted molar refractivity (Wildman–Crippen MR) is 56.6 cm³/mol. The summed E-state index contributed by atoms with van der Waals surface area (Å²) in [5, 5.41) is 11.3. The summed E-state index contributed by atoms with van der Waals surface area (Å²) >= 11 is 4.60. The van der Waals surface area contributed by atoms with Crippen LogP contribution in [0.4, 0.5) is 0 Å². The second-order valence-corrected chi connectivity index (χ2v) is 3.92. The lowest BCUT2D eigenvalue weighted by Gasteiger charge is -1.87. The van der Waals surface area contributed by atoms with Crippen molar-refractivity contribution in [3.8, 4) is 11.8 Å². The van der Waals surface area contributed by atoms with E-state index < -0.39 is 5.97 Å². The lowest BCUT2D eigenvalue weighted by atomic mass is 10.2. The Labute approximate surface area is 88.7 Å². The van der Waals surface area contributed by atoms with Crippen LogP contribution in [0.25, 0.3) is 0 Å². The van der Waals surface area contributed by atoms with E-state index in [4.69, 9.17) is 5.11 Å². The molecule has 1 rings (SSSR count). The van der Waals surface area contributed by atoms with E-state index in [-0.39, 0.29) is 0 Å². The first-order valence-electron chi connectivity index (χ1n) is 3.61. The summed E-state index contributed by atoms with van der Waals surface area (Å²) in [6.07, 6.45) is 0.733. The zero-order chi connectivity index (χ0) is 9.68. The van der Waals surface area contributed by atoms with E-state index in [1.807, 2.05) is 0 Å². The number of rotatable bonds is 2. The van der Waals surface area contributed by atoms with Crippen LogP contribution in [0.5, 0.6) is 0 Å². The molecule has 2 nitrogen and oxygen atoms in total. The molecule has 1 heterocycles. The zero-order valence-corrected chi connectivity index (χ0v) is 9.11. The van der Waals surface area contributed by atoms with Gasteiger partial charge in [-0.05, 0) is 11.4 Å². The largest absolute Gasteiger partial charge is 0.478 e. The molecule has 4 heteroatoms. The van der Waals surface area contributed by atoms with Crippen molar-refractivity contribution in [3.63, 3.8) is 0 Å². The zero-order valence-electron chi connectivity index (χ0n) is 6.71. The molecule has 0 fully saturated rings. The van der Waals surface area contributed by atoms with Crippen LogP contribution >= 0.6 is 27.3 Å². The number of alkyl halides is 1. The van der Waals surface area contributed by atoms with Gasteiger partial charge in [-0.1, -0.05) is 27.8 Å². The van der Waals surface area contributed by atoms with E-state index >= 15 is 0 Å². The number of carboxylic acids is 1. The summed E-state index contributed by atoms with van der Waals surface area (Å²) in [7, 11) is 0. The Morgan fingerprint density at radius 1 is 1.69 bits per heavy atom. The molecule has 1 aromatic heterocycles. The van der Waals surface area contributed by atoms with Crippen molar-refractivity contribution < 1.29 is 9.90 Å². The summed E-state index contributed by atoms with van der Waals surface area (Å²) < 4.78 is 0. The van der Waals surface area contributed by atoms with E-state index in [9.17, 15) is 4.79 Å². The molecule has 0 aliphatic heterocycles. The number of carboxylic acid groups (broad SMARTS) is 1.